The van der Waals surface area contributed by atoms with Crippen LogP contribution in [0.4, 0.5) is 23.2 Å². The van der Waals surface area contributed by atoms with E-state index in [1.807, 2.05) is 0 Å². The summed E-state index contributed by atoms with van der Waals surface area (Å²) < 4.78 is 49.3. The number of anilines is 1. The number of hydrogen-bond donors (Lipinski definition) is 2. The van der Waals surface area contributed by atoms with Crippen LogP contribution in [-0.4, -0.2) is 17.6 Å². The van der Waals surface area contributed by atoms with Crippen LogP contribution in [0.2, 0.25) is 0 Å². The summed E-state index contributed by atoms with van der Waals surface area (Å²) in [4.78, 5) is 13.0. The molecule has 1 aromatic carbocycles. The Kier molecular flexibility index (Phi) is 2.98. The van der Waals surface area contributed by atoms with E-state index in [1.165, 1.54) is 18.2 Å². The Balaban J connectivity index is 2.37. The van der Waals surface area contributed by atoms with Gasteiger partial charge in [0.2, 0.25) is 0 Å². The molecule has 1 amide bonds. The molecule has 1 aromatic heterocycles. The van der Waals surface area contributed by atoms with Gasteiger partial charge >= 0.3 is 6.18 Å². The summed E-state index contributed by atoms with van der Waals surface area (Å²) in [6.45, 7) is -1.18. The van der Waals surface area contributed by atoms with Gasteiger partial charge in [-0.15, -0.1) is 0 Å². The molecule has 0 aliphatic heterocycles. The highest BCUT2D eigenvalue weighted by Gasteiger charge is 2.32. The van der Waals surface area contributed by atoms with Gasteiger partial charge in [0.05, 0.1) is 0 Å². The van der Waals surface area contributed by atoms with Gasteiger partial charge in [-0.2, -0.15) is 13.2 Å². The maximum atomic E-state index is 12.4. The fraction of sp³-hybridized carbons (Fsp3) is 0.182. The third-order valence-electron chi connectivity index (χ3n) is 2.33. The molecule has 0 aliphatic rings. The van der Waals surface area contributed by atoms with Gasteiger partial charge < -0.3 is 10.3 Å². The molecule has 0 fully saturated rings. The van der Waals surface area contributed by atoms with Crippen molar-refractivity contribution in [2.24, 2.45) is 0 Å². The highest BCUT2D eigenvalue weighted by molar-refractivity contribution is 5.94. The SMILES string of the molecule is O=C(CF)Nc1ccc2cc(C(F)(F)F)[nH]c2c1. The highest BCUT2D eigenvalue weighted by Crippen LogP contribution is 2.31. The minimum absolute atomic E-state index is 0.221. The first-order valence-corrected chi connectivity index (χ1v) is 4.96. The molecule has 0 radical (unpaired) electrons. The number of carbonyl (C=O) groups excluding carboxylic acids is 1. The number of nitrogens with one attached hydrogen (secondary N) is 2. The van der Waals surface area contributed by atoms with Crippen molar-refractivity contribution in [1.29, 1.82) is 0 Å². The van der Waals surface area contributed by atoms with Gasteiger partial charge in [-0.25, -0.2) is 4.39 Å². The molecule has 1 heterocycles. The molecule has 2 rings (SSSR count). The normalized spacial score (nSPS) is 11.8. The second-order valence-electron chi connectivity index (χ2n) is 3.66. The fourth-order valence-electron chi connectivity index (χ4n) is 1.55. The van der Waals surface area contributed by atoms with E-state index in [1.54, 1.807) is 0 Å². The Morgan fingerprint density at radius 3 is 2.61 bits per heavy atom. The molecule has 3 nitrogen and oxygen atoms in total. The van der Waals surface area contributed by atoms with E-state index in [0.717, 1.165) is 6.07 Å². The van der Waals surface area contributed by atoms with Gasteiger partial charge in [0.15, 0.2) is 6.67 Å². The summed E-state index contributed by atoms with van der Waals surface area (Å²) in [6.07, 6.45) is -4.46. The lowest BCUT2D eigenvalue weighted by atomic mass is 10.2. The molecule has 0 atom stereocenters. The van der Waals surface area contributed by atoms with Crippen LogP contribution >= 0.6 is 0 Å². The zero-order valence-corrected chi connectivity index (χ0v) is 8.94. The van der Waals surface area contributed by atoms with Crippen molar-refractivity contribution in [2.75, 3.05) is 12.0 Å². The van der Waals surface area contributed by atoms with Gasteiger partial charge in [-0.05, 0) is 18.2 Å². The number of aromatic nitrogens is 1. The van der Waals surface area contributed by atoms with Gasteiger partial charge in [-0.3, -0.25) is 4.79 Å². The monoisotopic (exact) mass is 260 g/mol. The molecule has 0 aliphatic carbocycles. The van der Waals surface area contributed by atoms with Crippen molar-refractivity contribution < 1.29 is 22.4 Å². The molecule has 0 unspecified atom stereocenters. The number of aromatic amines is 1. The lowest BCUT2D eigenvalue weighted by Gasteiger charge is -2.02. The number of rotatable bonds is 2. The minimum Gasteiger partial charge on any atom is -0.351 e. The molecule has 0 bridgehead atoms. The highest BCUT2D eigenvalue weighted by atomic mass is 19.4. The Morgan fingerprint density at radius 2 is 2.00 bits per heavy atom. The first-order valence-electron chi connectivity index (χ1n) is 4.96. The smallest absolute Gasteiger partial charge is 0.351 e. The second-order valence-corrected chi connectivity index (χ2v) is 3.66. The van der Waals surface area contributed by atoms with E-state index in [2.05, 4.69) is 10.3 Å². The van der Waals surface area contributed by atoms with Gasteiger partial charge in [0.25, 0.3) is 5.91 Å². The molecule has 7 heteroatoms. The number of benzene rings is 1. The molecule has 2 aromatic rings. The maximum absolute atomic E-state index is 12.4. The third kappa shape index (κ3) is 2.44. The number of H-pyrrole nitrogens is 1. The molecule has 0 saturated carbocycles. The summed E-state index contributed by atoms with van der Waals surface area (Å²) in [5.41, 5.74) is -0.411. The van der Waals surface area contributed by atoms with Crippen LogP contribution in [0.15, 0.2) is 24.3 Å². The van der Waals surface area contributed by atoms with Crippen LogP contribution < -0.4 is 5.32 Å². The van der Waals surface area contributed by atoms with Gasteiger partial charge in [0, 0.05) is 16.6 Å². The molecule has 0 spiro atoms. The quantitative estimate of drug-likeness (QED) is 0.801. The lowest BCUT2D eigenvalue weighted by molar-refractivity contribution is -0.140. The predicted octanol–water partition coefficient (Wildman–Crippen LogP) is 3.09. The fourth-order valence-corrected chi connectivity index (χ4v) is 1.55. The number of amides is 1. The molecular weight excluding hydrogens is 252 g/mol. The van der Waals surface area contributed by atoms with Gasteiger partial charge in [-0.1, -0.05) is 6.07 Å². The van der Waals surface area contributed by atoms with E-state index in [4.69, 9.17) is 0 Å². The Bertz CT molecular complexity index is 588. The van der Waals surface area contributed by atoms with Crippen molar-refractivity contribution in [2.45, 2.75) is 6.18 Å². The number of hydrogen-bond acceptors (Lipinski definition) is 1. The van der Waals surface area contributed by atoms with Crippen LogP contribution in [-0.2, 0) is 11.0 Å². The lowest BCUT2D eigenvalue weighted by Crippen LogP contribution is -2.12. The summed E-state index contributed by atoms with van der Waals surface area (Å²) in [5, 5.41) is 2.58. The second kappa shape index (κ2) is 4.32. The molecular formula is C11H8F4N2O. The Hall–Kier alpha value is -2.05. The van der Waals surface area contributed by atoms with E-state index in [-0.39, 0.29) is 11.2 Å². The number of fused-ring (bicyclic) bond motifs is 1. The van der Waals surface area contributed by atoms with Crippen LogP contribution in [0.5, 0.6) is 0 Å². The molecule has 96 valence electrons. The van der Waals surface area contributed by atoms with E-state index >= 15 is 0 Å². The third-order valence-corrected chi connectivity index (χ3v) is 2.33. The molecule has 0 saturated heterocycles. The number of carbonyl (C=O) groups is 1. The minimum atomic E-state index is -4.46. The Labute approximate surface area is 98.8 Å². The number of alkyl halides is 4. The topological polar surface area (TPSA) is 44.9 Å². The zero-order chi connectivity index (χ0) is 13.3. The van der Waals surface area contributed by atoms with Crippen molar-refractivity contribution in [1.82, 2.24) is 4.98 Å². The van der Waals surface area contributed by atoms with Crippen molar-refractivity contribution in [3.63, 3.8) is 0 Å². The predicted molar refractivity (Wildman–Crippen MR) is 57.9 cm³/mol. The average molecular weight is 260 g/mol. The Morgan fingerprint density at radius 1 is 1.28 bits per heavy atom. The summed E-state index contributed by atoms with van der Waals surface area (Å²) in [7, 11) is 0. The van der Waals surface area contributed by atoms with Crippen LogP contribution in [0.1, 0.15) is 5.69 Å². The van der Waals surface area contributed by atoms with Crippen LogP contribution in [0.3, 0.4) is 0 Å². The van der Waals surface area contributed by atoms with Crippen LogP contribution in [0.25, 0.3) is 10.9 Å². The first kappa shape index (κ1) is 12.4. The summed E-state index contributed by atoms with van der Waals surface area (Å²) in [6, 6.07) is 5.10. The van der Waals surface area contributed by atoms with E-state index < -0.39 is 24.5 Å². The molecule has 2 N–H and O–H groups in total. The summed E-state index contributed by atoms with van der Waals surface area (Å²) >= 11 is 0. The standard InChI is InChI=1S/C11H8F4N2O/c12-5-10(18)16-7-2-1-6-3-9(11(13,14)15)17-8(6)4-7/h1-4,17H,5H2,(H,16,18). The van der Waals surface area contributed by atoms with E-state index in [0.29, 0.717) is 5.39 Å². The van der Waals surface area contributed by atoms with Crippen LogP contribution in [0, 0.1) is 0 Å². The summed E-state index contributed by atoms with van der Waals surface area (Å²) in [5.74, 6) is -0.850. The average Bonchev–Trinajstić information content (AvgIpc) is 2.71. The molecule has 18 heavy (non-hydrogen) atoms. The number of halogens is 4. The maximum Gasteiger partial charge on any atom is 0.431 e. The van der Waals surface area contributed by atoms with Crippen molar-refractivity contribution in [3.8, 4) is 0 Å². The van der Waals surface area contributed by atoms with Crippen molar-refractivity contribution in [3.05, 3.63) is 30.0 Å². The van der Waals surface area contributed by atoms with Gasteiger partial charge in [0.1, 0.15) is 5.69 Å². The zero-order valence-electron chi connectivity index (χ0n) is 8.94. The van der Waals surface area contributed by atoms with Crippen molar-refractivity contribution >= 4 is 22.5 Å². The first-order chi connectivity index (χ1) is 8.40. The van der Waals surface area contributed by atoms with E-state index in [9.17, 15) is 22.4 Å². The largest absolute Gasteiger partial charge is 0.431 e.